The highest BCUT2D eigenvalue weighted by Gasteiger charge is 2.13. The lowest BCUT2D eigenvalue weighted by atomic mass is 10.1. The van der Waals surface area contributed by atoms with E-state index in [2.05, 4.69) is 48.9 Å². The molecular weight excluding hydrogens is 433 g/mol. The summed E-state index contributed by atoms with van der Waals surface area (Å²) < 4.78 is 0. The number of hydrogen-bond donors (Lipinski definition) is 0. The van der Waals surface area contributed by atoms with Crippen molar-refractivity contribution >= 4 is 34.0 Å². The summed E-state index contributed by atoms with van der Waals surface area (Å²) >= 11 is 5.86. The maximum absolute atomic E-state index is 2.37. The summed E-state index contributed by atoms with van der Waals surface area (Å²) in [5.74, 6) is 0. The normalized spacial score (nSPS) is 11.4. The highest BCUT2D eigenvalue weighted by atomic mass is 32.1. The molecule has 0 fully saturated rings. The van der Waals surface area contributed by atoms with Crippen LogP contribution in [0.1, 0.15) is 101 Å². The van der Waals surface area contributed by atoms with Crippen LogP contribution in [0.15, 0.2) is 35.0 Å². The smallest absolute Gasteiger partial charge is 0.0360 e. The summed E-state index contributed by atoms with van der Waals surface area (Å²) in [6, 6.07) is 9.44. The van der Waals surface area contributed by atoms with Gasteiger partial charge in [-0.05, 0) is 49.9 Å². The average molecular weight is 473 g/mol. The molecule has 0 spiro atoms. The molecule has 0 nitrogen and oxygen atoms in total. The molecule has 31 heavy (non-hydrogen) atoms. The van der Waals surface area contributed by atoms with E-state index in [4.69, 9.17) is 0 Å². The third-order valence-electron chi connectivity index (χ3n) is 6.07. The van der Waals surface area contributed by atoms with Crippen LogP contribution in [-0.2, 0) is 12.8 Å². The molecule has 3 aromatic rings. The summed E-state index contributed by atoms with van der Waals surface area (Å²) in [6.07, 6.45) is 19.0. The van der Waals surface area contributed by atoms with Crippen molar-refractivity contribution in [2.75, 3.05) is 0 Å². The molecule has 0 saturated heterocycles. The van der Waals surface area contributed by atoms with E-state index in [-0.39, 0.29) is 0 Å². The van der Waals surface area contributed by atoms with Crippen LogP contribution in [0.4, 0.5) is 0 Å². The summed E-state index contributed by atoms with van der Waals surface area (Å²) in [6.45, 7) is 4.58. The SMILES string of the molecule is CCCCCCCCc1ccc(-c2cscc2-c2ccc(CCCCCCCC)s2)s1. The maximum Gasteiger partial charge on any atom is 0.0360 e. The van der Waals surface area contributed by atoms with Gasteiger partial charge in [0.25, 0.3) is 0 Å². The van der Waals surface area contributed by atoms with Crippen molar-refractivity contribution in [3.63, 3.8) is 0 Å². The van der Waals surface area contributed by atoms with Crippen LogP contribution in [0.3, 0.4) is 0 Å². The molecule has 3 heterocycles. The Kier molecular flexibility index (Phi) is 11.4. The lowest BCUT2D eigenvalue weighted by Gasteiger charge is -2.01. The second kappa shape index (κ2) is 14.3. The Hall–Kier alpha value is -0.900. The molecule has 0 radical (unpaired) electrons. The summed E-state index contributed by atoms with van der Waals surface area (Å²) in [5.41, 5.74) is 2.88. The van der Waals surface area contributed by atoms with Crippen LogP contribution in [0.5, 0.6) is 0 Å². The van der Waals surface area contributed by atoms with E-state index in [9.17, 15) is 0 Å². The van der Waals surface area contributed by atoms with Crippen LogP contribution in [-0.4, -0.2) is 0 Å². The van der Waals surface area contributed by atoms with Gasteiger partial charge in [0, 0.05) is 41.4 Å². The van der Waals surface area contributed by atoms with Gasteiger partial charge in [-0.25, -0.2) is 0 Å². The van der Waals surface area contributed by atoms with Gasteiger partial charge in [-0.2, -0.15) is 11.3 Å². The van der Waals surface area contributed by atoms with E-state index in [1.165, 1.54) is 111 Å². The molecule has 0 aliphatic heterocycles. The molecule has 0 atom stereocenters. The van der Waals surface area contributed by atoms with Gasteiger partial charge in [0.1, 0.15) is 0 Å². The molecular formula is C28H40S3. The lowest BCUT2D eigenvalue weighted by molar-refractivity contribution is 0.609. The highest BCUT2D eigenvalue weighted by molar-refractivity contribution is 7.17. The zero-order chi connectivity index (χ0) is 21.7. The van der Waals surface area contributed by atoms with E-state index >= 15 is 0 Å². The summed E-state index contributed by atoms with van der Waals surface area (Å²) in [4.78, 5) is 6.00. The van der Waals surface area contributed by atoms with Crippen molar-refractivity contribution in [2.24, 2.45) is 0 Å². The zero-order valence-electron chi connectivity index (χ0n) is 19.6. The predicted molar refractivity (Wildman–Crippen MR) is 145 cm³/mol. The van der Waals surface area contributed by atoms with Crippen molar-refractivity contribution < 1.29 is 0 Å². The molecule has 0 amide bonds. The van der Waals surface area contributed by atoms with Crippen LogP contribution in [0.2, 0.25) is 0 Å². The zero-order valence-corrected chi connectivity index (χ0v) is 22.0. The first-order chi connectivity index (χ1) is 15.3. The third-order valence-corrected chi connectivity index (χ3v) is 9.17. The van der Waals surface area contributed by atoms with Crippen LogP contribution in [0, 0.1) is 0 Å². The number of thiophene rings is 3. The van der Waals surface area contributed by atoms with E-state index in [1.54, 1.807) is 9.75 Å². The average Bonchev–Trinajstić information content (AvgIpc) is 3.53. The molecule has 0 N–H and O–H groups in total. The first kappa shape index (κ1) is 24.7. The molecule has 0 bridgehead atoms. The van der Waals surface area contributed by atoms with Crippen LogP contribution < -0.4 is 0 Å². The molecule has 0 aromatic carbocycles. The molecule has 0 unspecified atom stereocenters. The second-order valence-corrected chi connectivity index (χ2v) is 11.8. The third kappa shape index (κ3) is 8.18. The maximum atomic E-state index is 2.37. The van der Waals surface area contributed by atoms with Gasteiger partial charge in [-0.15, -0.1) is 22.7 Å². The molecule has 3 heteroatoms. The van der Waals surface area contributed by atoms with Gasteiger partial charge < -0.3 is 0 Å². The quantitative estimate of drug-likeness (QED) is 0.182. The molecule has 3 aromatic heterocycles. The van der Waals surface area contributed by atoms with Crippen molar-refractivity contribution in [1.29, 1.82) is 0 Å². The minimum absolute atomic E-state index is 1.25. The fraction of sp³-hybridized carbons (Fsp3) is 0.571. The Morgan fingerprint density at radius 1 is 0.516 bits per heavy atom. The fourth-order valence-corrected chi connectivity index (χ4v) is 7.31. The lowest BCUT2D eigenvalue weighted by Crippen LogP contribution is -1.82. The van der Waals surface area contributed by atoms with E-state index in [1.807, 2.05) is 34.0 Å². The molecule has 0 aliphatic carbocycles. The van der Waals surface area contributed by atoms with Crippen molar-refractivity contribution in [3.05, 3.63) is 44.8 Å². The monoisotopic (exact) mass is 472 g/mol. The Morgan fingerprint density at radius 3 is 1.39 bits per heavy atom. The minimum atomic E-state index is 1.25. The van der Waals surface area contributed by atoms with Gasteiger partial charge >= 0.3 is 0 Å². The second-order valence-electron chi connectivity index (χ2n) is 8.77. The van der Waals surface area contributed by atoms with E-state index < -0.39 is 0 Å². The van der Waals surface area contributed by atoms with Crippen LogP contribution in [0.25, 0.3) is 20.9 Å². The number of hydrogen-bond acceptors (Lipinski definition) is 3. The van der Waals surface area contributed by atoms with Gasteiger partial charge in [0.2, 0.25) is 0 Å². The summed E-state index contributed by atoms with van der Waals surface area (Å²) in [5, 5.41) is 4.70. The largest absolute Gasteiger partial charge is 0.151 e. The van der Waals surface area contributed by atoms with Gasteiger partial charge in [0.05, 0.1) is 0 Å². The Labute approximate surface area is 202 Å². The molecule has 0 aliphatic rings. The predicted octanol–water partition coefficient (Wildman–Crippen LogP) is 11.0. The van der Waals surface area contributed by atoms with E-state index in [0.29, 0.717) is 0 Å². The Morgan fingerprint density at radius 2 is 0.935 bits per heavy atom. The van der Waals surface area contributed by atoms with Gasteiger partial charge in [-0.1, -0.05) is 78.1 Å². The standard InChI is InChI=1S/C28H40S3/c1-3-5-7-9-11-13-15-23-17-19-27(30-23)25-21-29-22-26(25)28-20-18-24(31-28)16-14-12-10-8-6-4-2/h17-22H,3-16H2,1-2H3. The number of rotatable bonds is 16. The number of aryl methyl sites for hydroxylation is 2. The molecule has 170 valence electrons. The van der Waals surface area contributed by atoms with Crippen molar-refractivity contribution in [2.45, 2.75) is 104 Å². The van der Waals surface area contributed by atoms with Gasteiger partial charge in [-0.3, -0.25) is 0 Å². The van der Waals surface area contributed by atoms with Gasteiger partial charge in [0.15, 0.2) is 0 Å². The van der Waals surface area contributed by atoms with Crippen molar-refractivity contribution in [1.82, 2.24) is 0 Å². The molecule has 3 rings (SSSR count). The van der Waals surface area contributed by atoms with E-state index in [0.717, 1.165) is 0 Å². The summed E-state index contributed by atoms with van der Waals surface area (Å²) in [7, 11) is 0. The molecule has 0 saturated carbocycles. The fourth-order valence-electron chi connectivity index (χ4n) is 4.15. The minimum Gasteiger partial charge on any atom is -0.151 e. The number of unbranched alkanes of at least 4 members (excludes halogenated alkanes) is 10. The van der Waals surface area contributed by atoms with Crippen LogP contribution >= 0.6 is 34.0 Å². The van der Waals surface area contributed by atoms with Crippen molar-refractivity contribution in [3.8, 4) is 20.9 Å². The topological polar surface area (TPSA) is 0 Å². The highest BCUT2D eigenvalue weighted by Crippen LogP contribution is 2.41. The Bertz CT molecular complexity index is 782. The first-order valence-corrected chi connectivity index (χ1v) is 15.1. The Balaban J connectivity index is 1.51. The first-order valence-electron chi connectivity index (χ1n) is 12.6.